The summed E-state index contributed by atoms with van der Waals surface area (Å²) in [6.07, 6.45) is -2.06. The van der Waals surface area contributed by atoms with Gasteiger partial charge in [-0.1, -0.05) is 6.07 Å². The second kappa shape index (κ2) is 10.1. The van der Waals surface area contributed by atoms with E-state index >= 15 is 0 Å². The zero-order chi connectivity index (χ0) is 27.0. The van der Waals surface area contributed by atoms with Crippen LogP contribution in [0.1, 0.15) is 39.0 Å². The van der Waals surface area contributed by atoms with Gasteiger partial charge in [-0.3, -0.25) is 14.6 Å². The molecular weight excluding hydrogens is 499 g/mol. The van der Waals surface area contributed by atoms with Gasteiger partial charge in [0.15, 0.2) is 5.69 Å². The van der Waals surface area contributed by atoms with Crippen molar-refractivity contribution < 1.29 is 27.5 Å². The number of alkyl halides is 3. The molecule has 1 aromatic carbocycles. The highest BCUT2D eigenvalue weighted by molar-refractivity contribution is 6.04. The first-order valence-corrected chi connectivity index (χ1v) is 12.2. The van der Waals surface area contributed by atoms with Crippen LogP contribution >= 0.6 is 0 Å². The first-order valence-electron chi connectivity index (χ1n) is 12.2. The molecule has 5 rings (SSSR count). The van der Waals surface area contributed by atoms with E-state index in [4.69, 9.17) is 4.74 Å². The van der Waals surface area contributed by atoms with Gasteiger partial charge in [0.1, 0.15) is 5.69 Å². The molecule has 0 saturated carbocycles. The van der Waals surface area contributed by atoms with Crippen molar-refractivity contribution in [2.45, 2.75) is 26.1 Å². The molecule has 3 aromatic rings. The maximum atomic E-state index is 13.2. The minimum absolute atomic E-state index is 0.0135. The maximum Gasteiger partial charge on any atom is 0.433 e. The summed E-state index contributed by atoms with van der Waals surface area (Å²) in [6.45, 7) is 6.65. The zero-order valence-electron chi connectivity index (χ0n) is 20.9. The number of morpholine rings is 1. The van der Waals surface area contributed by atoms with Crippen molar-refractivity contribution in [3.63, 3.8) is 0 Å². The van der Waals surface area contributed by atoms with E-state index in [9.17, 15) is 22.8 Å². The summed E-state index contributed by atoms with van der Waals surface area (Å²) in [5.41, 5.74) is 2.68. The Kier molecular flexibility index (Phi) is 6.78. The summed E-state index contributed by atoms with van der Waals surface area (Å²) in [5, 5.41) is 2.67. The van der Waals surface area contributed by atoms with E-state index in [-0.39, 0.29) is 17.5 Å². The van der Waals surface area contributed by atoms with Crippen molar-refractivity contribution in [1.29, 1.82) is 0 Å². The number of rotatable bonds is 4. The molecule has 8 nitrogen and oxygen atoms in total. The van der Waals surface area contributed by atoms with Gasteiger partial charge in [-0.25, -0.2) is 4.98 Å². The van der Waals surface area contributed by atoms with Gasteiger partial charge in [0.05, 0.1) is 24.9 Å². The van der Waals surface area contributed by atoms with Crippen molar-refractivity contribution in [3.05, 3.63) is 71.3 Å². The van der Waals surface area contributed by atoms with Crippen LogP contribution in [0.15, 0.2) is 48.8 Å². The third-order valence-electron chi connectivity index (χ3n) is 6.83. The van der Waals surface area contributed by atoms with Crippen LogP contribution < -0.4 is 10.2 Å². The van der Waals surface area contributed by atoms with Crippen LogP contribution in [0.3, 0.4) is 0 Å². The number of hydrogen-bond acceptors (Lipinski definition) is 6. The molecule has 2 amide bonds. The van der Waals surface area contributed by atoms with Gasteiger partial charge in [0.25, 0.3) is 11.8 Å². The van der Waals surface area contributed by atoms with Crippen molar-refractivity contribution in [1.82, 2.24) is 14.9 Å². The van der Waals surface area contributed by atoms with Gasteiger partial charge in [0.2, 0.25) is 0 Å². The number of likely N-dealkylation sites (N-methyl/N-ethyl adjacent to an activating group) is 1. The smallest absolute Gasteiger partial charge is 0.377 e. The van der Waals surface area contributed by atoms with Gasteiger partial charge in [-0.15, -0.1) is 0 Å². The third kappa shape index (κ3) is 4.93. The molecule has 1 fully saturated rings. The highest BCUT2D eigenvalue weighted by Crippen LogP contribution is 2.34. The number of carbonyl (C=O) groups excluding carboxylic acids is 2. The monoisotopic (exact) mass is 525 g/mol. The fourth-order valence-electron chi connectivity index (χ4n) is 4.81. The number of amides is 2. The molecule has 1 atom stereocenters. The lowest BCUT2D eigenvalue weighted by molar-refractivity contribution is -0.141. The number of fused-ring (bicyclic) bond motifs is 3. The number of halogens is 3. The molecule has 0 spiro atoms. The lowest BCUT2D eigenvalue weighted by Gasteiger charge is -2.37. The van der Waals surface area contributed by atoms with Crippen molar-refractivity contribution >= 4 is 23.2 Å². The molecule has 11 heteroatoms. The Morgan fingerprint density at radius 1 is 1.18 bits per heavy atom. The van der Waals surface area contributed by atoms with Crippen LogP contribution in [0, 0.1) is 6.92 Å². The molecule has 1 saturated heterocycles. The second-order valence-electron chi connectivity index (χ2n) is 9.27. The first-order chi connectivity index (χ1) is 18.2. The molecule has 38 heavy (non-hydrogen) atoms. The minimum Gasteiger partial charge on any atom is -0.377 e. The first kappa shape index (κ1) is 25.7. The molecule has 198 valence electrons. The SMILES string of the molecule is CCN1C[C@H]2COCCN2c2cc(-c3cc(NC(=O)c4ccnc(C(F)(F)F)c4)ccc3C)cnc2C1=O. The van der Waals surface area contributed by atoms with Crippen LogP contribution in [0.2, 0.25) is 0 Å². The molecule has 0 radical (unpaired) electrons. The van der Waals surface area contributed by atoms with E-state index in [0.717, 1.165) is 34.6 Å². The van der Waals surface area contributed by atoms with Crippen molar-refractivity contribution in [3.8, 4) is 11.1 Å². The van der Waals surface area contributed by atoms with E-state index in [2.05, 4.69) is 20.2 Å². The molecular formula is C27H26F3N5O3. The number of aryl methyl sites for hydroxylation is 1. The molecule has 2 aliphatic rings. The highest BCUT2D eigenvalue weighted by atomic mass is 19.4. The third-order valence-corrected chi connectivity index (χ3v) is 6.83. The Morgan fingerprint density at radius 3 is 2.76 bits per heavy atom. The predicted octanol–water partition coefficient (Wildman–Crippen LogP) is 4.40. The summed E-state index contributed by atoms with van der Waals surface area (Å²) in [6, 6.07) is 9.13. The molecule has 4 heterocycles. The van der Waals surface area contributed by atoms with Crippen LogP contribution in [-0.2, 0) is 10.9 Å². The second-order valence-corrected chi connectivity index (χ2v) is 9.27. The Hall–Kier alpha value is -3.99. The fourth-order valence-corrected chi connectivity index (χ4v) is 4.81. The highest BCUT2D eigenvalue weighted by Gasteiger charge is 2.35. The number of carbonyl (C=O) groups is 2. The van der Waals surface area contributed by atoms with Crippen LogP contribution in [0.5, 0.6) is 0 Å². The summed E-state index contributed by atoms with van der Waals surface area (Å²) in [7, 11) is 0. The Labute approximate surface area is 217 Å². The van der Waals surface area contributed by atoms with E-state index in [0.29, 0.717) is 44.2 Å². The van der Waals surface area contributed by atoms with E-state index < -0.39 is 17.8 Å². The lowest BCUT2D eigenvalue weighted by Crippen LogP contribution is -2.50. The Bertz CT molecular complexity index is 1390. The van der Waals surface area contributed by atoms with E-state index in [1.165, 1.54) is 6.07 Å². The number of nitrogens with one attached hydrogen (secondary N) is 1. The average molecular weight is 526 g/mol. The van der Waals surface area contributed by atoms with Crippen LogP contribution in [-0.4, -0.2) is 65.6 Å². The molecule has 2 aromatic heterocycles. The quantitative estimate of drug-likeness (QED) is 0.543. The van der Waals surface area contributed by atoms with Gasteiger partial charge >= 0.3 is 6.18 Å². The normalized spacial score (nSPS) is 17.5. The summed E-state index contributed by atoms with van der Waals surface area (Å²) >= 11 is 0. The number of anilines is 2. The van der Waals surface area contributed by atoms with E-state index in [1.807, 2.05) is 26.0 Å². The summed E-state index contributed by atoms with van der Waals surface area (Å²) < 4.78 is 44.8. The van der Waals surface area contributed by atoms with Crippen LogP contribution in [0.25, 0.3) is 11.1 Å². The van der Waals surface area contributed by atoms with Gasteiger partial charge in [-0.05, 0) is 55.3 Å². The Balaban J connectivity index is 1.47. The number of nitrogens with zero attached hydrogens (tertiary/aromatic N) is 4. The summed E-state index contributed by atoms with van der Waals surface area (Å²) in [5.74, 6) is -0.814. The number of benzene rings is 1. The van der Waals surface area contributed by atoms with Crippen molar-refractivity contribution in [2.24, 2.45) is 0 Å². The molecule has 0 aliphatic carbocycles. The number of pyridine rings is 2. The molecule has 2 aliphatic heterocycles. The lowest BCUT2D eigenvalue weighted by atomic mass is 9.99. The number of hydrogen-bond donors (Lipinski definition) is 1. The van der Waals surface area contributed by atoms with Gasteiger partial charge in [-0.2, -0.15) is 13.2 Å². The largest absolute Gasteiger partial charge is 0.433 e. The van der Waals surface area contributed by atoms with Crippen molar-refractivity contribution in [2.75, 3.05) is 43.1 Å². The molecule has 1 N–H and O–H groups in total. The van der Waals surface area contributed by atoms with E-state index in [1.54, 1.807) is 23.2 Å². The minimum atomic E-state index is -4.65. The maximum absolute atomic E-state index is 13.2. The average Bonchev–Trinajstić information content (AvgIpc) is 3.03. The molecule has 0 unspecified atom stereocenters. The Morgan fingerprint density at radius 2 is 2.00 bits per heavy atom. The number of ether oxygens (including phenoxy) is 1. The number of aromatic nitrogens is 2. The fraction of sp³-hybridized carbons (Fsp3) is 0.333. The van der Waals surface area contributed by atoms with Crippen LogP contribution in [0.4, 0.5) is 24.5 Å². The van der Waals surface area contributed by atoms with Gasteiger partial charge in [0, 0.05) is 48.8 Å². The molecule has 0 bridgehead atoms. The standard InChI is InChI=1S/C27H26F3N5O3/c1-3-34-14-20-15-38-9-8-35(20)22-10-18(13-32-24(22)26(34)37)21-12-19(5-4-16(21)2)33-25(36)17-6-7-31-23(11-17)27(28,29)30/h4-7,10-13,20H,3,8-9,14-15H2,1-2H3,(H,33,36)/t20-/m0/s1. The predicted molar refractivity (Wildman–Crippen MR) is 135 cm³/mol. The topological polar surface area (TPSA) is 87.7 Å². The zero-order valence-corrected chi connectivity index (χ0v) is 20.9. The van der Waals surface area contributed by atoms with Gasteiger partial charge < -0.3 is 19.9 Å². The summed E-state index contributed by atoms with van der Waals surface area (Å²) in [4.78, 5) is 37.7.